The lowest BCUT2D eigenvalue weighted by Gasteiger charge is -2.31. The Bertz CT molecular complexity index is 805. The van der Waals surface area contributed by atoms with Crippen LogP contribution in [-0.4, -0.2) is 21.4 Å². The number of amides is 1. The van der Waals surface area contributed by atoms with Crippen LogP contribution in [0.2, 0.25) is 0 Å². The first-order chi connectivity index (χ1) is 11.1. The standard InChI is InChI=1S/C17H22N2O4S/c1-17(2,3)15(12-8-6-5-7-9-12)19-16(20)13-10-11-14(23-13)24(21,22)18-4/h5-11,15,18H,1-4H3,(H,19,20). The van der Waals surface area contributed by atoms with Gasteiger partial charge in [-0.3, -0.25) is 4.79 Å². The number of carbonyl (C=O) groups is 1. The Morgan fingerprint density at radius 3 is 2.25 bits per heavy atom. The smallest absolute Gasteiger partial charge is 0.287 e. The summed E-state index contributed by atoms with van der Waals surface area (Å²) < 4.78 is 30.7. The lowest BCUT2D eigenvalue weighted by atomic mass is 9.82. The summed E-state index contributed by atoms with van der Waals surface area (Å²) in [6.45, 7) is 6.05. The Hall–Kier alpha value is -2.12. The molecule has 1 heterocycles. The molecule has 0 aliphatic heterocycles. The van der Waals surface area contributed by atoms with Crippen LogP contribution in [0.15, 0.2) is 52.0 Å². The van der Waals surface area contributed by atoms with E-state index in [1.54, 1.807) is 0 Å². The van der Waals surface area contributed by atoms with Gasteiger partial charge >= 0.3 is 0 Å². The average Bonchev–Trinajstić information content (AvgIpc) is 3.03. The van der Waals surface area contributed by atoms with Crippen LogP contribution in [-0.2, 0) is 10.0 Å². The number of furan rings is 1. The fourth-order valence-electron chi connectivity index (χ4n) is 2.33. The maximum absolute atomic E-state index is 12.5. The molecule has 0 bridgehead atoms. The number of rotatable bonds is 5. The first kappa shape index (κ1) is 18.2. The summed E-state index contributed by atoms with van der Waals surface area (Å²) in [5.41, 5.74) is 0.733. The summed E-state index contributed by atoms with van der Waals surface area (Å²) in [6, 6.07) is 12.0. The summed E-state index contributed by atoms with van der Waals surface area (Å²) in [5, 5.41) is 2.63. The van der Waals surface area contributed by atoms with Crippen molar-refractivity contribution in [3.63, 3.8) is 0 Å². The molecular formula is C17H22N2O4S. The van der Waals surface area contributed by atoms with E-state index in [4.69, 9.17) is 4.42 Å². The van der Waals surface area contributed by atoms with Crippen molar-refractivity contribution < 1.29 is 17.6 Å². The summed E-state index contributed by atoms with van der Waals surface area (Å²) in [6.07, 6.45) is 0. The zero-order valence-corrected chi connectivity index (χ0v) is 15.0. The second kappa shape index (κ2) is 6.78. The molecule has 1 aromatic carbocycles. The van der Waals surface area contributed by atoms with Gasteiger partial charge in [-0.05, 0) is 30.2 Å². The summed E-state index contributed by atoms with van der Waals surface area (Å²) in [5.74, 6) is -0.509. The molecule has 6 nitrogen and oxygen atoms in total. The van der Waals surface area contributed by atoms with Crippen molar-refractivity contribution in [3.8, 4) is 0 Å². The third kappa shape index (κ3) is 4.04. The van der Waals surface area contributed by atoms with Crippen molar-refractivity contribution in [2.75, 3.05) is 7.05 Å². The Labute approximate surface area is 142 Å². The van der Waals surface area contributed by atoms with Gasteiger partial charge in [-0.25, -0.2) is 13.1 Å². The molecule has 7 heteroatoms. The minimum Gasteiger partial charge on any atom is -0.438 e. The minimum atomic E-state index is -3.72. The highest BCUT2D eigenvalue weighted by molar-refractivity contribution is 7.89. The maximum Gasteiger partial charge on any atom is 0.287 e. The first-order valence-electron chi connectivity index (χ1n) is 7.54. The van der Waals surface area contributed by atoms with E-state index in [1.165, 1.54) is 19.2 Å². The molecule has 2 rings (SSSR count). The highest BCUT2D eigenvalue weighted by Gasteiger charge is 2.29. The fraction of sp³-hybridized carbons (Fsp3) is 0.353. The van der Waals surface area contributed by atoms with Crippen LogP contribution in [0.4, 0.5) is 0 Å². The maximum atomic E-state index is 12.5. The van der Waals surface area contributed by atoms with Crippen LogP contribution in [0.25, 0.3) is 0 Å². The molecule has 0 radical (unpaired) electrons. The van der Waals surface area contributed by atoms with Crippen LogP contribution in [0, 0.1) is 5.41 Å². The average molecular weight is 350 g/mol. The Balaban J connectivity index is 2.26. The number of benzene rings is 1. The number of carbonyl (C=O) groups excluding carboxylic acids is 1. The van der Waals surface area contributed by atoms with E-state index in [0.717, 1.165) is 5.56 Å². The SMILES string of the molecule is CNS(=O)(=O)c1ccc(C(=O)NC(c2ccccc2)C(C)(C)C)o1. The van der Waals surface area contributed by atoms with E-state index < -0.39 is 15.9 Å². The molecule has 0 aliphatic rings. The molecule has 24 heavy (non-hydrogen) atoms. The molecule has 1 atom stereocenters. The predicted octanol–water partition coefficient (Wildman–Crippen LogP) is 2.70. The molecule has 1 unspecified atom stereocenters. The van der Waals surface area contributed by atoms with Gasteiger partial charge in [0.25, 0.3) is 15.9 Å². The van der Waals surface area contributed by atoms with Crippen molar-refractivity contribution >= 4 is 15.9 Å². The van der Waals surface area contributed by atoms with Crippen LogP contribution in [0.1, 0.15) is 42.9 Å². The van der Waals surface area contributed by atoms with E-state index in [9.17, 15) is 13.2 Å². The van der Waals surface area contributed by atoms with Gasteiger partial charge in [-0.2, -0.15) is 0 Å². The van der Waals surface area contributed by atoms with Crippen LogP contribution < -0.4 is 10.0 Å². The van der Waals surface area contributed by atoms with Crippen LogP contribution in [0.5, 0.6) is 0 Å². The van der Waals surface area contributed by atoms with Gasteiger partial charge in [0, 0.05) is 0 Å². The van der Waals surface area contributed by atoms with E-state index in [0.29, 0.717) is 0 Å². The van der Waals surface area contributed by atoms with Gasteiger partial charge in [0.05, 0.1) is 6.04 Å². The number of hydrogen-bond acceptors (Lipinski definition) is 4. The Morgan fingerprint density at radius 2 is 1.71 bits per heavy atom. The molecule has 130 valence electrons. The number of sulfonamides is 1. The molecule has 0 saturated heterocycles. The van der Waals surface area contributed by atoms with Crippen molar-refractivity contribution in [2.24, 2.45) is 5.41 Å². The predicted molar refractivity (Wildman–Crippen MR) is 91.1 cm³/mol. The molecule has 0 fully saturated rings. The van der Waals surface area contributed by atoms with Crippen molar-refractivity contribution in [3.05, 3.63) is 53.8 Å². The van der Waals surface area contributed by atoms with Gasteiger partial charge in [0.2, 0.25) is 5.09 Å². The second-order valence-electron chi connectivity index (χ2n) is 6.51. The second-order valence-corrected chi connectivity index (χ2v) is 8.33. The van der Waals surface area contributed by atoms with Gasteiger partial charge < -0.3 is 9.73 Å². The van der Waals surface area contributed by atoms with Crippen molar-refractivity contribution in [1.29, 1.82) is 0 Å². The van der Waals surface area contributed by atoms with Crippen LogP contribution in [0.3, 0.4) is 0 Å². The number of nitrogens with one attached hydrogen (secondary N) is 2. The largest absolute Gasteiger partial charge is 0.438 e. The molecule has 2 N–H and O–H groups in total. The highest BCUT2D eigenvalue weighted by Crippen LogP contribution is 2.33. The summed E-state index contributed by atoms with van der Waals surface area (Å²) in [7, 11) is -2.44. The monoisotopic (exact) mass is 350 g/mol. The molecule has 0 saturated carbocycles. The van der Waals surface area contributed by atoms with Crippen molar-refractivity contribution in [1.82, 2.24) is 10.0 Å². The third-order valence-corrected chi connectivity index (χ3v) is 4.90. The molecule has 2 aromatic rings. The Morgan fingerprint density at radius 1 is 1.08 bits per heavy atom. The molecule has 0 aliphatic carbocycles. The van der Waals surface area contributed by atoms with E-state index >= 15 is 0 Å². The lowest BCUT2D eigenvalue weighted by Crippen LogP contribution is -2.36. The van der Waals surface area contributed by atoms with Gasteiger partial charge in [-0.15, -0.1) is 0 Å². The third-order valence-electron chi connectivity index (χ3n) is 3.61. The van der Waals surface area contributed by atoms with Gasteiger partial charge in [0.15, 0.2) is 5.76 Å². The number of hydrogen-bond donors (Lipinski definition) is 2. The Kier molecular flexibility index (Phi) is 5.15. The molecule has 0 spiro atoms. The molecule has 1 amide bonds. The van der Waals surface area contributed by atoms with E-state index in [-0.39, 0.29) is 22.3 Å². The topological polar surface area (TPSA) is 88.4 Å². The summed E-state index contributed by atoms with van der Waals surface area (Å²) in [4.78, 5) is 12.5. The zero-order chi connectivity index (χ0) is 18.0. The fourth-order valence-corrected chi connectivity index (χ4v) is 2.98. The zero-order valence-electron chi connectivity index (χ0n) is 14.2. The molecular weight excluding hydrogens is 328 g/mol. The first-order valence-corrected chi connectivity index (χ1v) is 9.02. The van der Waals surface area contributed by atoms with Crippen LogP contribution >= 0.6 is 0 Å². The minimum absolute atomic E-state index is 0.0472. The molecule has 1 aromatic heterocycles. The summed E-state index contributed by atoms with van der Waals surface area (Å²) >= 11 is 0. The van der Waals surface area contributed by atoms with E-state index in [2.05, 4.69) is 10.0 Å². The quantitative estimate of drug-likeness (QED) is 0.868. The normalized spacial score (nSPS) is 13.5. The van der Waals surface area contributed by atoms with E-state index in [1.807, 2.05) is 51.1 Å². The van der Waals surface area contributed by atoms with Gasteiger partial charge in [-0.1, -0.05) is 51.1 Å². The van der Waals surface area contributed by atoms with Crippen molar-refractivity contribution in [2.45, 2.75) is 31.9 Å². The lowest BCUT2D eigenvalue weighted by molar-refractivity contribution is 0.0868. The highest BCUT2D eigenvalue weighted by atomic mass is 32.2. The van der Waals surface area contributed by atoms with Gasteiger partial charge in [0.1, 0.15) is 0 Å².